The van der Waals surface area contributed by atoms with Crippen LogP contribution in [-0.4, -0.2) is 24.1 Å². The van der Waals surface area contributed by atoms with Crippen molar-refractivity contribution in [3.8, 4) is 5.75 Å². The van der Waals surface area contributed by atoms with Crippen LogP contribution in [0.15, 0.2) is 36.4 Å². The van der Waals surface area contributed by atoms with Crippen LogP contribution in [0.3, 0.4) is 0 Å². The zero-order chi connectivity index (χ0) is 13.1. The van der Waals surface area contributed by atoms with Crippen molar-refractivity contribution >= 4 is 22.7 Å². The predicted molar refractivity (Wildman–Crippen MR) is 67.5 cm³/mol. The van der Waals surface area contributed by atoms with Gasteiger partial charge in [0.25, 0.3) is 5.91 Å². The van der Waals surface area contributed by atoms with Gasteiger partial charge in [0.2, 0.25) is 0 Å². The second kappa shape index (κ2) is 4.75. The fraction of sp³-hybridized carbons (Fsp3) is 0.0769. The number of urea groups is 1. The lowest BCUT2D eigenvalue weighted by atomic mass is 10.0. The summed E-state index contributed by atoms with van der Waals surface area (Å²) in [4.78, 5) is 22.8. The topological polar surface area (TPSA) is 78.4 Å². The first-order valence-electron chi connectivity index (χ1n) is 5.37. The normalized spacial score (nSPS) is 10.1. The Morgan fingerprint density at radius 1 is 1.11 bits per heavy atom. The third-order valence-corrected chi connectivity index (χ3v) is 2.60. The highest BCUT2D eigenvalue weighted by atomic mass is 16.3. The van der Waals surface area contributed by atoms with Crippen LogP contribution in [0.5, 0.6) is 5.75 Å². The number of phenolic OH excluding ortho intramolecular Hbond substituents is 1. The Hall–Kier alpha value is -2.56. The fourth-order valence-electron chi connectivity index (χ4n) is 1.67. The first-order valence-corrected chi connectivity index (χ1v) is 5.37. The summed E-state index contributed by atoms with van der Waals surface area (Å²) < 4.78 is 0. The minimum atomic E-state index is -0.641. The van der Waals surface area contributed by atoms with Gasteiger partial charge in [-0.3, -0.25) is 10.1 Å². The number of aromatic hydroxyl groups is 1. The van der Waals surface area contributed by atoms with Crippen LogP contribution in [0.25, 0.3) is 10.8 Å². The lowest BCUT2D eigenvalue weighted by Crippen LogP contribution is -2.37. The quantitative estimate of drug-likeness (QED) is 0.713. The molecule has 3 amide bonds. The largest absolute Gasteiger partial charge is 0.506 e. The van der Waals surface area contributed by atoms with E-state index in [1.54, 1.807) is 18.2 Å². The molecule has 0 saturated heterocycles. The molecule has 0 radical (unpaired) electrons. The molecule has 2 aromatic carbocycles. The molecule has 2 rings (SSSR count). The number of amides is 3. The van der Waals surface area contributed by atoms with Crippen LogP contribution in [0, 0.1) is 0 Å². The molecule has 0 fully saturated rings. The molecule has 0 unspecified atom stereocenters. The lowest BCUT2D eigenvalue weighted by Gasteiger charge is -2.07. The van der Waals surface area contributed by atoms with Crippen LogP contribution in [0.4, 0.5) is 4.79 Å². The molecule has 5 heteroatoms. The van der Waals surface area contributed by atoms with E-state index in [4.69, 9.17) is 0 Å². The van der Waals surface area contributed by atoms with Crippen molar-refractivity contribution in [2.75, 3.05) is 7.05 Å². The van der Waals surface area contributed by atoms with Gasteiger partial charge in [-0.25, -0.2) is 4.79 Å². The van der Waals surface area contributed by atoms with Crippen LogP contribution in [-0.2, 0) is 0 Å². The van der Waals surface area contributed by atoms with Gasteiger partial charge in [-0.2, -0.15) is 0 Å². The zero-order valence-electron chi connectivity index (χ0n) is 9.73. The molecule has 5 nitrogen and oxygen atoms in total. The van der Waals surface area contributed by atoms with Gasteiger partial charge in [-0.15, -0.1) is 0 Å². The minimum absolute atomic E-state index is 0.0669. The summed E-state index contributed by atoms with van der Waals surface area (Å²) in [6.45, 7) is 0. The van der Waals surface area contributed by atoms with Crippen molar-refractivity contribution in [3.63, 3.8) is 0 Å². The number of hydrogen-bond donors (Lipinski definition) is 3. The first-order chi connectivity index (χ1) is 8.63. The van der Waals surface area contributed by atoms with Crippen molar-refractivity contribution < 1.29 is 14.7 Å². The summed E-state index contributed by atoms with van der Waals surface area (Å²) in [5.41, 5.74) is 0.0669. The van der Waals surface area contributed by atoms with Gasteiger partial charge < -0.3 is 10.4 Å². The van der Waals surface area contributed by atoms with Gasteiger partial charge >= 0.3 is 6.03 Å². The minimum Gasteiger partial charge on any atom is -0.506 e. The van der Waals surface area contributed by atoms with E-state index < -0.39 is 11.9 Å². The lowest BCUT2D eigenvalue weighted by molar-refractivity contribution is 0.0962. The van der Waals surface area contributed by atoms with E-state index in [0.29, 0.717) is 5.39 Å². The molecule has 0 aliphatic rings. The number of fused-ring (bicyclic) bond motifs is 1. The fourth-order valence-corrected chi connectivity index (χ4v) is 1.67. The maximum Gasteiger partial charge on any atom is 0.321 e. The van der Waals surface area contributed by atoms with E-state index in [0.717, 1.165) is 5.39 Å². The molecule has 18 heavy (non-hydrogen) atoms. The van der Waals surface area contributed by atoms with Gasteiger partial charge in [0.05, 0.1) is 5.56 Å². The van der Waals surface area contributed by atoms with E-state index in [9.17, 15) is 14.7 Å². The maximum atomic E-state index is 11.7. The number of phenols is 1. The molecule has 0 saturated carbocycles. The van der Waals surface area contributed by atoms with E-state index in [-0.39, 0.29) is 11.3 Å². The Bertz CT molecular complexity index is 623. The summed E-state index contributed by atoms with van der Waals surface area (Å²) in [7, 11) is 1.41. The molecule has 3 N–H and O–H groups in total. The van der Waals surface area contributed by atoms with Gasteiger partial charge in [-0.1, -0.05) is 30.3 Å². The van der Waals surface area contributed by atoms with Crippen LogP contribution < -0.4 is 10.6 Å². The van der Waals surface area contributed by atoms with Crippen LogP contribution in [0.2, 0.25) is 0 Å². The van der Waals surface area contributed by atoms with Crippen LogP contribution in [0.1, 0.15) is 10.4 Å². The Morgan fingerprint density at radius 3 is 2.56 bits per heavy atom. The van der Waals surface area contributed by atoms with Crippen LogP contribution >= 0.6 is 0 Å². The number of hydrogen-bond acceptors (Lipinski definition) is 3. The van der Waals surface area contributed by atoms with E-state index >= 15 is 0 Å². The molecule has 0 spiro atoms. The Balaban J connectivity index is 2.43. The molecule has 0 bridgehead atoms. The van der Waals surface area contributed by atoms with Gasteiger partial charge in [0, 0.05) is 12.4 Å². The van der Waals surface area contributed by atoms with Crippen molar-refractivity contribution in [1.82, 2.24) is 10.6 Å². The van der Waals surface area contributed by atoms with Crippen molar-refractivity contribution in [2.24, 2.45) is 0 Å². The number of carbonyl (C=O) groups excluding carboxylic acids is 2. The molecule has 0 heterocycles. The summed E-state index contributed by atoms with van der Waals surface area (Å²) >= 11 is 0. The van der Waals surface area contributed by atoms with Crippen molar-refractivity contribution in [2.45, 2.75) is 0 Å². The Labute approximate surface area is 103 Å². The van der Waals surface area contributed by atoms with Crippen molar-refractivity contribution in [3.05, 3.63) is 42.0 Å². The number of nitrogens with one attached hydrogen (secondary N) is 2. The van der Waals surface area contributed by atoms with E-state index in [2.05, 4.69) is 10.6 Å². The monoisotopic (exact) mass is 244 g/mol. The van der Waals surface area contributed by atoms with E-state index in [1.165, 1.54) is 13.1 Å². The summed E-state index contributed by atoms with van der Waals surface area (Å²) in [5.74, 6) is -0.771. The second-order valence-electron chi connectivity index (χ2n) is 3.72. The maximum absolute atomic E-state index is 11.7. The first kappa shape index (κ1) is 11.9. The number of imide groups is 1. The molecule has 0 aliphatic carbocycles. The summed E-state index contributed by atoms with van der Waals surface area (Å²) in [6.07, 6.45) is 0. The molecule has 0 aromatic heterocycles. The smallest absolute Gasteiger partial charge is 0.321 e. The second-order valence-corrected chi connectivity index (χ2v) is 3.72. The Kier molecular flexibility index (Phi) is 3.14. The highest BCUT2D eigenvalue weighted by Crippen LogP contribution is 2.28. The standard InChI is InChI=1S/C13H12N2O3/c1-14-13(18)15-12(17)10-7-6-8-4-2-3-5-9(8)11(10)16/h2-7,16H,1H3,(H2,14,15,17,18). The highest BCUT2D eigenvalue weighted by Gasteiger charge is 2.15. The third kappa shape index (κ3) is 2.10. The molecule has 92 valence electrons. The summed E-state index contributed by atoms with van der Waals surface area (Å²) in [6, 6.07) is 9.72. The molecule has 0 aliphatic heterocycles. The average molecular weight is 244 g/mol. The van der Waals surface area contributed by atoms with Gasteiger partial charge in [0.1, 0.15) is 5.75 Å². The SMILES string of the molecule is CNC(=O)NC(=O)c1ccc2ccccc2c1O. The summed E-state index contributed by atoms with van der Waals surface area (Å²) in [5, 5.41) is 15.8. The highest BCUT2D eigenvalue weighted by molar-refractivity contribution is 6.09. The predicted octanol–water partition coefficient (Wildman–Crippen LogP) is 1.61. The molecule has 2 aromatic rings. The molecule has 0 atom stereocenters. The van der Waals surface area contributed by atoms with E-state index in [1.807, 2.05) is 12.1 Å². The van der Waals surface area contributed by atoms with Gasteiger partial charge in [0.15, 0.2) is 0 Å². The van der Waals surface area contributed by atoms with Gasteiger partial charge in [-0.05, 0) is 11.5 Å². The number of benzene rings is 2. The zero-order valence-corrected chi connectivity index (χ0v) is 9.73. The number of carbonyl (C=O) groups is 2. The third-order valence-electron chi connectivity index (χ3n) is 2.60. The average Bonchev–Trinajstić information content (AvgIpc) is 2.39. The molecular formula is C13H12N2O3. The molecular weight excluding hydrogens is 232 g/mol. The Morgan fingerprint density at radius 2 is 1.83 bits per heavy atom. The number of rotatable bonds is 1. The van der Waals surface area contributed by atoms with Crippen molar-refractivity contribution in [1.29, 1.82) is 0 Å².